The van der Waals surface area contributed by atoms with E-state index in [1.165, 1.54) is 0 Å². The van der Waals surface area contributed by atoms with Crippen molar-refractivity contribution in [3.05, 3.63) is 56.5 Å². The van der Waals surface area contributed by atoms with E-state index in [0.717, 1.165) is 59.8 Å². The van der Waals surface area contributed by atoms with Crippen LogP contribution in [0.3, 0.4) is 0 Å². The molecule has 2 aromatic heterocycles. The fourth-order valence-corrected chi connectivity index (χ4v) is 5.77. The number of fused-ring (bicyclic) bond motifs is 1. The Labute approximate surface area is 179 Å². The van der Waals surface area contributed by atoms with Crippen LogP contribution in [0.4, 0.5) is 0 Å². The van der Waals surface area contributed by atoms with Crippen LogP contribution >= 0.6 is 11.3 Å². The van der Waals surface area contributed by atoms with Gasteiger partial charge in [-0.15, -0.1) is 11.3 Å². The number of nitrogens with zero attached hydrogens (tertiary/aromatic N) is 4. The average molecular weight is 423 g/mol. The van der Waals surface area contributed by atoms with Crippen molar-refractivity contribution in [3.63, 3.8) is 0 Å². The van der Waals surface area contributed by atoms with Gasteiger partial charge in [0.1, 0.15) is 5.82 Å². The van der Waals surface area contributed by atoms with Crippen molar-refractivity contribution in [2.24, 2.45) is 0 Å². The lowest BCUT2D eigenvalue weighted by molar-refractivity contribution is -0.131. The maximum atomic E-state index is 13.5. The molecule has 7 heteroatoms. The largest absolute Gasteiger partial charge is 0.332 e. The highest BCUT2D eigenvalue weighted by molar-refractivity contribution is 7.11. The molecule has 1 aliphatic heterocycles. The number of carbonyl (C=O) groups excluding carboxylic acids is 1. The topological polar surface area (TPSA) is 68.1 Å². The van der Waals surface area contributed by atoms with Crippen molar-refractivity contribution in [2.45, 2.75) is 64.0 Å². The minimum atomic E-state index is -0.135. The van der Waals surface area contributed by atoms with Gasteiger partial charge >= 0.3 is 0 Å². The maximum Gasteiger partial charge on any atom is 0.261 e. The third-order valence-electron chi connectivity index (χ3n) is 6.39. The quantitative estimate of drug-likeness (QED) is 0.632. The van der Waals surface area contributed by atoms with Crippen LogP contribution in [-0.2, 0) is 11.2 Å². The molecule has 6 nitrogen and oxygen atoms in total. The minimum absolute atomic E-state index is 0.0416. The van der Waals surface area contributed by atoms with Gasteiger partial charge in [0.2, 0.25) is 5.91 Å². The van der Waals surface area contributed by atoms with Gasteiger partial charge in [-0.25, -0.2) is 9.97 Å². The third-order valence-corrected chi connectivity index (χ3v) is 7.30. The molecule has 0 N–H and O–H groups in total. The summed E-state index contributed by atoms with van der Waals surface area (Å²) >= 11 is 1.57. The average Bonchev–Trinajstić information content (AvgIpc) is 3.50. The molecule has 0 radical (unpaired) electrons. The van der Waals surface area contributed by atoms with E-state index in [4.69, 9.17) is 4.98 Å². The van der Waals surface area contributed by atoms with Crippen LogP contribution in [0.2, 0.25) is 0 Å². The Hall–Kier alpha value is -2.54. The summed E-state index contributed by atoms with van der Waals surface area (Å²) in [6, 6.07) is 7.63. The Kier molecular flexibility index (Phi) is 5.15. The number of aryl methyl sites for hydroxylation is 1. The standard InChI is InChI=1S/C23H26N4O2S/c1-15-24-14-17(30-15)13-21(28)26-12-6-11-20(26)22-25-19-10-5-4-9-18(19)23(29)27(22)16-7-2-3-8-16/h4-5,9-10,14,16,20H,2-3,6-8,11-13H2,1H3. The van der Waals surface area contributed by atoms with Crippen molar-refractivity contribution in [2.75, 3.05) is 6.54 Å². The number of likely N-dealkylation sites (tertiary alicyclic amines) is 1. The molecule has 3 heterocycles. The van der Waals surface area contributed by atoms with Gasteiger partial charge in [0.25, 0.3) is 5.56 Å². The summed E-state index contributed by atoms with van der Waals surface area (Å²) in [5.41, 5.74) is 0.768. The van der Waals surface area contributed by atoms with Crippen molar-refractivity contribution in [3.8, 4) is 0 Å². The molecule has 2 fully saturated rings. The number of para-hydroxylation sites is 1. The first kappa shape index (κ1) is 19.4. The third kappa shape index (κ3) is 3.45. The zero-order chi connectivity index (χ0) is 20.7. The first-order valence-electron chi connectivity index (χ1n) is 10.8. The van der Waals surface area contributed by atoms with Crippen LogP contribution in [-0.4, -0.2) is 31.9 Å². The molecule has 3 aromatic rings. The van der Waals surface area contributed by atoms with E-state index in [1.54, 1.807) is 17.5 Å². The van der Waals surface area contributed by atoms with E-state index in [0.29, 0.717) is 18.4 Å². The van der Waals surface area contributed by atoms with Gasteiger partial charge in [0.15, 0.2) is 0 Å². The van der Waals surface area contributed by atoms with E-state index in [1.807, 2.05) is 40.7 Å². The van der Waals surface area contributed by atoms with Gasteiger partial charge in [-0.3, -0.25) is 14.2 Å². The van der Waals surface area contributed by atoms with Crippen molar-refractivity contribution in [1.29, 1.82) is 0 Å². The molecule has 1 saturated carbocycles. The van der Waals surface area contributed by atoms with E-state index < -0.39 is 0 Å². The number of hydrogen-bond acceptors (Lipinski definition) is 5. The number of hydrogen-bond donors (Lipinski definition) is 0. The number of thiazole rings is 1. The smallest absolute Gasteiger partial charge is 0.261 e. The first-order valence-corrected chi connectivity index (χ1v) is 11.7. The number of carbonyl (C=O) groups is 1. The molecule has 1 aliphatic carbocycles. The molecule has 0 bridgehead atoms. The van der Waals surface area contributed by atoms with E-state index in [9.17, 15) is 9.59 Å². The maximum absolute atomic E-state index is 13.5. The highest BCUT2D eigenvalue weighted by atomic mass is 32.1. The fraction of sp³-hybridized carbons (Fsp3) is 0.478. The van der Waals surface area contributed by atoms with Gasteiger partial charge in [-0.05, 0) is 44.7 Å². The molecule has 1 amide bonds. The lowest BCUT2D eigenvalue weighted by atomic mass is 10.1. The van der Waals surface area contributed by atoms with Crippen molar-refractivity contribution in [1.82, 2.24) is 19.4 Å². The van der Waals surface area contributed by atoms with Gasteiger partial charge < -0.3 is 4.90 Å². The number of aromatic nitrogens is 3. The van der Waals surface area contributed by atoms with Gasteiger partial charge in [-0.2, -0.15) is 0 Å². The van der Waals surface area contributed by atoms with Gasteiger partial charge in [-0.1, -0.05) is 25.0 Å². The van der Waals surface area contributed by atoms with Gasteiger partial charge in [0, 0.05) is 23.7 Å². The highest BCUT2D eigenvalue weighted by Gasteiger charge is 2.35. The van der Waals surface area contributed by atoms with Crippen LogP contribution in [0.5, 0.6) is 0 Å². The zero-order valence-electron chi connectivity index (χ0n) is 17.2. The molecule has 1 aromatic carbocycles. The highest BCUT2D eigenvalue weighted by Crippen LogP contribution is 2.36. The normalized spacial score (nSPS) is 19.8. The summed E-state index contributed by atoms with van der Waals surface area (Å²) in [6.07, 6.45) is 8.25. The second-order valence-electron chi connectivity index (χ2n) is 8.37. The lowest BCUT2D eigenvalue weighted by Gasteiger charge is -2.28. The van der Waals surface area contributed by atoms with Crippen molar-refractivity contribution < 1.29 is 4.79 Å². The molecule has 5 rings (SSSR count). The lowest BCUT2D eigenvalue weighted by Crippen LogP contribution is -2.37. The summed E-state index contributed by atoms with van der Waals surface area (Å²) in [5.74, 6) is 0.874. The molecular weight excluding hydrogens is 396 g/mol. The molecule has 1 atom stereocenters. The molecule has 156 valence electrons. The molecule has 1 saturated heterocycles. The molecular formula is C23H26N4O2S. The van der Waals surface area contributed by atoms with E-state index in [2.05, 4.69) is 4.98 Å². The Morgan fingerprint density at radius 3 is 2.73 bits per heavy atom. The van der Waals surface area contributed by atoms with Crippen LogP contribution in [0.25, 0.3) is 10.9 Å². The van der Waals surface area contributed by atoms with E-state index in [-0.39, 0.29) is 23.6 Å². The molecule has 0 spiro atoms. The Morgan fingerprint density at radius 2 is 1.97 bits per heavy atom. The number of rotatable bonds is 4. The van der Waals surface area contributed by atoms with Crippen molar-refractivity contribution >= 4 is 28.1 Å². The Bertz CT molecular complexity index is 1150. The molecule has 2 aliphatic rings. The van der Waals surface area contributed by atoms with Crippen LogP contribution < -0.4 is 5.56 Å². The van der Waals surface area contributed by atoms with E-state index >= 15 is 0 Å². The molecule has 1 unspecified atom stereocenters. The Morgan fingerprint density at radius 1 is 1.17 bits per heavy atom. The fourth-order valence-electron chi connectivity index (χ4n) is 4.98. The molecule has 30 heavy (non-hydrogen) atoms. The summed E-state index contributed by atoms with van der Waals surface area (Å²) in [5, 5.41) is 1.64. The number of benzene rings is 1. The number of amides is 1. The van der Waals surface area contributed by atoms with Crippen LogP contribution in [0.15, 0.2) is 35.3 Å². The summed E-state index contributed by atoms with van der Waals surface area (Å²) in [6.45, 7) is 2.67. The SMILES string of the molecule is Cc1ncc(CC(=O)N2CCCC2c2nc3ccccc3c(=O)n2C2CCCC2)s1. The summed E-state index contributed by atoms with van der Waals surface area (Å²) in [4.78, 5) is 38.8. The predicted octanol–water partition coefficient (Wildman–Crippen LogP) is 4.18. The van der Waals surface area contributed by atoms with Crippen LogP contribution in [0, 0.1) is 6.92 Å². The first-order chi connectivity index (χ1) is 14.6. The summed E-state index contributed by atoms with van der Waals surface area (Å²) < 4.78 is 1.93. The minimum Gasteiger partial charge on any atom is -0.332 e. The monoisotopic (exact) mass is 422 g/mol. The van der Waals surface area contributed by atoms with Crippen LogP contribution in [0.1, 0.15) is 66.3 Å². The zero-order valence-corrected chi connectivity index (χ0v) is 18.0. The second kappa shape index (κ2) is 7.95. The van der Waals surface area contributed by atoms with Gasteiger partial charge in [0.05, 0.1) is 28.4 Å². The second-order valence-corrected chi connectivity index (χ2v) is 9.69. The predicted molar refractivity (Wildman–Crippen MR) is 118 cm³/mol. The Balaban J connectivity index is 1.56. The summed E-state index contributed by atoms with van der Waals surface area (Å²) in [7, 11) is 0.